The highest BCUT2D eigenvalue weighted by Gasteiger charge is 2.30. The van der Waals surface area contributed by atoms with E-state index >= 15 is 0 Å². The van der Waals surface area contributed by atoms with Crippen LogP contribution in [0.3, 0.4) is 0 Å². The third-order valence-electron chi connectivity index (χ3n) is 3.41. The van der Waals surface area contributed by atoms with Gasteiger partial charge in [0.25, 0.3) is 11.8 Å². The molecule has 0 aliphatic carbocycles. The van der Waals surface area contributed by atoms with Gasteiger partial charge in [0.2, 0.25) is 0 Å². The maximum absolute atomic E-state index is 11.8. The van der Waals surface area contributed by atoms with E-state index in [-0.39, 0.29) is 17.9 Å². The monoisotopic (exact) mass is 261 g/mol. The van der Waals surface area contributed by atoms with Crippen molar-refractivity contribution >= 4 is 11.8 Å². The number of rotatable bonds is 6. The van der Waals surface area contributed by atoms with Crippen LogP contribution in [0.4, 0.5) is 0 Å². The van der Waals surface area contributed by atoms with E-state index in [1.165, 1.54) is 0 Å². The summed E-state index contributed by atoms with van der Waals surface area (Å²) in [5, 5.41) is 2.30. The Kier molecular flexibility index (Phi) is 4.29. The van der Waals surface area contributed by atoms with Gasteiger partial charge < -0.3 is 11.5 Å². The van der Waals surface area contributed by atoms with Crippen LogP contribution in [0.5, 0.6) is 0 Å². The van der Waals surface area contributed by atoms with E-state index in [1.54, 1.807) is 12.1 Å². The highest BCUT2D eigenvalue weighted by molar-refractivity contribution is 6.22. The second kappa shape index (κ2) is 5.95. The molecule has 102 valence electrons. The van der Waals surface area contributed by atoms with Crippen molar-refractivity contribution in [2.45, 2.75) is 31.7 Å². The van der Waals surface area contributed by atoms with E-state index in [9.17, 15) is 9.59 Å². The smallest absolute Gasteiger partial charge is 0.259 e. The van der Waals surface area contributed by atoms with Crippen LogP contribution in [0.2, 0.25) is 0 Å². The summed E-state index contributed by atoms with van der Waals surface area (Å²) in [6.45, 7) is 0.687. The Morgan fingerprint density at radius 1 is 1.11 bits per heavy atom. The lowest BCUT2D eigenvalue weighted by molar-refractivity contribution is 0.0879. The Balaban J connectivity index is 2.13. The lowest BCUT2D eigenvalue weighted by Gasteiger charge is -2.14. The van der Waals surface area contributed by atoms with Gasteiger partial charge in [-0.25, -0.2) is 0 Å². The second-order valence-electron chi connectivity index (χ2n) is 4.80. The molecule has 1 heterocycles. The minimum absolute atomic E-state index is 0.218. The number of amides is 2. The molecule has 2 amide bonds. The molecule has 5 nitrogen and oxygen atoms in total. The normalized spacial score (nSPS) is 15.3. The molecule has 0 saturated carbocycles. The molecule has 0 fully saturated rings. The maximum Gasteiger partial charge on any atom is 0.259 e. The second-order valence-corrected chi connectivity index (χ2v) is 4.80. The van der Waals surface area contributed by atoms with Crippen molar-refractivity contribution in [3.8, 4) is 0 Å². The number of carbonyl (C=O) groups excluding carboxylic acids is 2. The molecule has 0 bridgehead atoms. The zero-order valence-electron chi connectivity index (χ0n) is 10.8. The first-order chi connectivity index (χ1) is 9.15. The van der Waals surface area contributed by atoms with Crippen molar-refractivity contribution in [2.24, 2.45) is 11.5 Å². The third kappa shape index (κ3) is 2.83. The zero-order valence-corrected chi connectivity index (χ0v) is 10.8. The van der Waals surface area contributed by atoms with Gasteiger partial charge >= 0.3 is 0 Å². The summed E-state index contributed by atoms with van der Waals surface area (Å²) in [6, 6.07) is 5.03. The molecule has 5 heteroatoms. The van der Waals surface area contributed by atoms with Crippen molar-refractivity contribution in [3.63, 3.8) is 0 Å². The molecule has 1 aliphatic rings. The van der Waals surface area contributed by atoms with E-state index in [2.05, 4.69) is 5.32 Å². The first-order valence-corrected chi connectivity index (χ1v) is 6.59. The number of unbranched alkanes of at least 4 members (excludes halogenated alkanes) is 2. The average molecular weight is 261 g/mol. The van der Waals surface area contributed by atoms with Crippen molar-refractivity contribution in [3.05, 3.63) is 34.9 Å². The number of imide groups is 1. The van der Waals surface area contributed by atoms with Gasteiger partial charge in [0.05, 0.1) is 11.1 Å². The molecule has 2 rings (SSSR count). The number of nitrogens with one attached hydrogen (secondary N) is 1. The van der Waals surface area contributed by atoms with Crippen molar-refractivity contribution < 1.29 is 9.59 Å². The van der Waals surface area contributed by atoms with Gasteiger partial charge in [-0.2, -0.15) is 0 Å². The van der Waals surface area contributed by atoms with Crippen LogP contribution in [0.15, 0.2) is 18.2 Å². The molecule has 0 saturated heterocycles. The lowest BCUT2D eigenvalue weighted by Crippen LogP contribution is -2.21. The van der Waals surface area contributed by atoms with E-state index in [1.807, 2.05) is 6.07 Å². The van der Waals surface area contributed by atoms with Crippen LogP contribution in [0.25, 0.3) is 0 Å². The van der Waals surface area contributed by atoms with Crippen LogP contribution < -0.4 is 16.8 Å². The molecule has 5 N–H and O–H groups in total. The van der Waals surface area contributed by atoms with Crippen molar-refractivity contribution in [1.29, 1.82) is 0 Å². The van der Waals surface area contributed by atoms with Gasteiger partial charge in [-0.15, -0.1) is 0 Å². The summed E-state index contributed by atoms with van der Waals surface area (Å²) in [5.74, 6) is -0.676. The molecule has 1 aromatic carbocycles. The number of hydrogen-bond acceptors (Lipinski definition) is 4. The lowest BCUT2D eigenvalue weighted by atomic mass is 9.94. The summed E-state index contributed by atoms with van der Waals surface area (Å²) in [5.41, 5.74) is 13.2. The fraction of sp³-hybridized carbons (Fsp3) is 0.429. The fourth-order valence-electron chi connectivity index (χ4n) is 2.40. The molecule has 1 aliphatic heterocycles. The summed E-state index contributed by atoms with van der Waals surface area (Å²) >= 11 is 0. The molecule has 1 aromatic rings. The molecule has 1 unspecified atom stereocenters. The van der Waals surface area contributed by atoms with Crippen molar-refractivity contribution in [1.82, 2.24) is 5.32 Å². The molecule has 0 radical (unpaired) electrons. The van der Waals surface area contributed by atoms with E-state index < -0.39 is 0 Å². The first kappa shape index (κ1) is 13.7. The minimum Gasteiger partial charge on any atom is -0.330 e. The highest BCUT2D eigenvalue weighted by atomic mass is 16.2. The number of hydrogen-bond donors (Lipinski definition) is 3. The molecule has 0 spiro atoms. The van der Waals surface area contributed by atoms with Crippen LogP contribution >= 0.6 is 0 Å². The van der Waals surface area contributed by atoms with Gasteiger partial charge in [0, 0.05) is 6.04 Å². The standard InChI is InChI=1S/C14H19N3O2/c15-8-3-1-2-7-11(16)9-5-4-6-10-12(9)14(19)17-13(10)18/h4-6,11H,1-3,7-8,15-16H2,(H,17,18,19). The van der Waals surface area contributed by atoms with Crippen LogP contribution in [0.1, 0.15) is 58.0 Å². The minimum atomic E-state index is -0.340. The summed E-state index contributed by atoms with van der Waals surface area (Å²) in [4.78, 5) is 23.3. The van der Waals surface area contributed by atoms with Gasteiger partial charge in [0.1, 0.15) is 0 Å². The summed E-state index contributed by atoms with van der Waals surface area (Å²) < 4.78 is 0. The maximum atomic E-state index is 11.8. The number of carbonyl (C=O) groups is 2. The van der Waals surface area contributed by atoms with Crippen LogP contribution in [-0.2, 0) is 0 Å². The highest BCUT2D eigenvalue weighted by Crippen LogP contribution is 2.26. The Bertz CT molecular complexity index is 499. The predicted octanol–water partition coefficient (Wildman–Crippen LogP) is 1.09. The Labute approximate surface area is 112 Å². The molecule has 1 atom stereocenters. The van der Waals surface area contributed by atoms with Gasteiger partial charge in [-0.3, -0.25) is 14.9 Å². The number of benzene rings is 1. The number of nitrogens with two attached hydrogens (primary N) is 2. The molecule has 0 aromatic heterocycles. The molecular weight excluding hydrogens is 242 g/mol. The SMILES string of the molecule is NCCCCCC(N)c1cccc2c1C(=O)NC2=O. The Hall–Kier alpha value is -1.72. The predicted molar refractivity (Wildman–Crippen MR) is 72.7 cm³/mol. The third-order valence-corrected chi connectivity index (χ3v) is 3.41. The van der Waals surface area contributed by atoms with E-state index in [0.717, 1.165) is 31.2 Å². The van der Waals surface area contributed by atoms with Gasteiger partial charge in [-0.05, 0) is 31.0 Å². The van der Waals surface area contributed by atoms with Crippen molar-refractivity contribution in [2.75, 3.05) is 6.54 Å². The fourth-order valence-corrected chi connectivity index (χ4v) is 2.40. The van der Waals surface area contributed by atoms with E-state index in [0.29, 0.717) is 17.7 Å². The Morgan fingerprint density at radius 2 is 1.89 bits per heavy atom. The molecule has 19 heavy (non-hydrogen) atoms. The van der Waals surface area contributed by atoms with E-state index in [4.69, 9.17) is 11.5 Å². The van der Waals surface area contributed by atoms with Gasteiger partial charge in [0.15, 0.2) is 0 Å². The first-order valence-electron chi connectivity index (χ1n) is 6.59. The van der Waals surface area contributed by atoms with Crippen LogP contribution in [-0.4, -0.2) is 18.4 Å². The van der Waals surface area contributed by atoms with Gasteiger partial charge in [-0.1, -0.05) is 25.0 Å². The topological polar surface area (TPSA) is 98.2 Å². The Morgan fingerprint density at radius 3 is 2.63 bits per heavy atom. The summed E-state index contributed by atoms with van der Waals surface area (Å²) in [7, 11) is 0. The zero-order chi connectivity index (χ0) is 13.8. The largest absolute Gasteiger partial charge is 0.330 e. The van der Waals surface area contributed by atoms with Crippen LogP contribution in [0, 0.1) is 0 Å². The quantitative estimate of drug-likeness (QED) is 0.527. The summed E-state index contributed by atoms with van der Waals surface area (Å²) in [6.07, 6.45) is 3.78. The average Bonchev–Trinajstić information content (AvgIpc) is 2.70. The number of fused-ring (bicyclic) bond motifs is 1. The molecular formula is C14H19N3O2.